The third-order valence-electron chi connectivity index (χ3n) is 2.69. The number of fused-ring (bicyclic) bond motifs is 1. The molecule has 0 aliphatic rings. The number of alkyl halides is 1. The molecule has 2 heterocycles. The number of carbonyl (C=O) groups excluding carboxylic acids is 1. The van der Waals surface area contributed by atoms with Crippen LogP contribution in [0, 0.1) is 0 Å². The van der Waals surface area contributed by atoms with Crippen LogP contribution in [-0.4, -0.2) is 27.4 Å². The van der Waals surface area contributed by atoms with Crippen molar-refractivity contribution in [2.45, 2.75) is 19.4 Å². The quantitative estimate of drug-likeness (QED) is 0.846. The van der Waals surface area contributed by atoms with E-state index in [-0.39, 0.29) is 11.9 Å². The Labute approximate surface area is 105 Å². The molecule has 1 amide bonds. The molecule has 0 bridgehead atoms. The third kappa shape index (κ3) is 2.42. The van der Waals surface area contributed by atoms with Gasteiger partial charge in [0.2, 0.25) is 0 Å². The molecule has 2 aromatic heterocycles. The normalized spacial score (nSPS) is 12.6. The molecule has 2 rings (SSSR count). The fourth-order valence-electron chi connectivity index (χ4n) is 1.62. The van der Waals surface area contributed by atoms with E-state index in [2.05, 4.69) is 10.4 Å². The van der Waals surface area contributed by atoms with Crippen LogP contribution in [0.3, 0.4) is 0 Å². The molecule has 17 heavy (non-hydrogen) atoms. The van der Waals surface area contributed by atoms with Crippen LogP contribution >= 0.6 is 11.6 Å². The SMILES string of the molecule is CCC(CCl)NC(=O)c1cnn2ccccc12. The summed E-state index contributed by atoms with van der Waals surface area (Å²) in [6.45, 7) is 1.99. The van der Waals surface area contributed by atoms with E-state index in [0.29, 0.717) is 11.4 Å². The minimum absolute atomic E-state index is 0.00262. The Balaban J connectivity index is 2.25. The van der Waals surface area contributed by atoms with Crippen molar-refractivity contribution in [3.8, 4) is 0 Å². The molecule has 0 fully saturated rings. The molecular weight excluding hydrogens is 238 g/mol. The van der Waals surface area contributed by atoms with Crippen molar-refractivity contribution in [3.63, 3.8) is 0 Å². The number of pyridine rings is 1. The van der Waals surface area contributed by atoms with E-state index in [1.165, 1.54) is 0 Å². The van der Waals surface area contributed by atoms with Crippen LogP contribution in [0.25, 0.3) is 5.52 Å². The van der Waals surface area contributed by atoms with Crippen molar-refractivity contribution in [2.75, 3.05) is 5.88 Å². The number of rotatable bonds is 4. The van der Waals surface area contributed by atoms with Crippen LogP contribution < -0.4 is 5.32 Å². The molecular formula is C12H14ClN3O. The summed E-state index contributed by atoms with van der Waals surface area (Å²) in [6.07, 6.45) is 4.20. The topological polar surface area (TPSA) is 46.4 Å². The van der Waals surface area contributed by atoms with Gasteiger partial charge in [-0.3, -0.25) is 4.79 Å². The van der Waals surface area contributed by atoms with E-state index in [0.717, 1.165) is 11.9 Å². The molecule has 0 radical (unpaired) electrons. The van der Waals surface area contributed by atoms with Gasteiger partial charge >= 0.3 is 0 Å². The average molecular weight is 252 g/mol. The molecule has 4 nitrogen and oxygen atoms in total. The van der Waals surface area contributed by atoms with Crippen molar-refractivity contribution in [1.82, 2.24) is 14.9 Å². The van der Waals surface area contributed by atoms with Crippen LogP contribution in [-0.2, 0) is 0 Å². The number of nitrogens with one attached hydrogen (secondary N) is 1. The Morgan fingerprint density at radius 1 is 1.59 bits per heavy atom. The van der Waals surface area contributed by atoms with Crippen LogP contribution in [0.5, 0.6) is 0 Å². The van der Waals surface area contributed by atoms with Gasteiger partial charge in [-0.2, -0.15) is 5.10 Å². The van der Waals surface area contributed by atoms with Crippen LogP contribution in [0.15, 0.2) is 30.6 Å². The predicted molar refractivity (Wildman–Crippen MR) is 67.5 cm³/mol. The fraction of sp³-hybridized carbons (Fsp3) is 0.333. The number of carbonyl (C=O) groups is 1. The minimum atomic E-state index is -0.126. The van der Waals surface area contributed by atoms with Crippen molar-refractivity contribution < 1.29 is 4.79 Å². The molecule has 0 saturated heterocycles. The lowest BCUT2D eigenvalue weighted by molar-refractivity contribution is 0.0941. The lowest BCUT2D eigenvalue weighted by Crippen LogP contribution is -2.35. The van der Waals surface area contributed by atoms with Crippen molar-refractivity contribution in [2.24, 2.45) is 0 Å². The summed E-state index contributed by atoms with van der Waals surface area (Å²) in [7, 11) is 0. The molecule has 1 unspecified atom stereocenters. The Bertz CT molecular complexity index is 519. The standard InChI is InChI=1S/C12H14ClN3O/c1-2-9(7-13)15-12(17)10-8-14-16-6-4-3-5-11(10)16/h3-6,8-9H,2,7H2,1H3,(H,15,17). The number of hydrogen-bond acceptors (Lipinski definition) is 2. The van der Waals surface area contributed by atoms with Gasteiger partial charge in [-0.1, -0.05) is 13.0 Å². The number of nitrogens with zero attached hydrogens (tertiary/aromatic N) is 2. The number of aromatic nitrogens is 2. The minimum Gasteiger partial charge on any atom is -0.348 e. The highest BCUT2D eigenvalue weighted by Crippen LogP contribution is 2.10. The fourth-order valence-corrected chi connectivity index (χ4v) is 1.92. The average Bonchev–Trinajstić information content (AvgIpc) is 2.79. The Kier molecular flexibility index (Phi) is 3.64. The maximum absolute atomic E-state index is 12.0. The first kappa shape index (κ1) is 11.9. The van der Waals surface area contributed by atoms with E-state index >= 15 is 0 Å². The van der Waals surface area contributed by atoms with Gasteiger partial charge in [0.05, 0.1) is 17.3 Å². The van der Waals surface area contributed by atoms with Gasteiger partial charge in [0, 0.05) is 18.1 Å². The molecule has 0 saturated carbocycles. The predicted octanol–water partition coefficient (Wildman–Crippen LogP) is 2.08. The van der Waals surface area contributed by atoms with E-state index in [9.17, 15) is 4.79 Å². The monoisotopic (exact) mass is 251 g/mol. The highest BCUT2D eigenvalue weighted by Gasteiger charge is 2.15. The lowest BCUT2D eigenvalue weighted by Gasteiger charge is -2.12. The molecule has 0 aromatic carbocycles. The van der Waals surface area contributed by atoms with Crippen LogP contribution in [0.4, 0.5) is 0 Å². The van der Waals surface area contributed by atoms with Crippen LogP contribution in [0.1, 0.15) is 23.7 Å². The zero-order valence-electron chi connectivity index (χ0n) is 9.56. The highest BCUT2D eigenvalue weighted by molar-refractivity contribution is 6.18. The van der Waals surface area contributed by atoms with Gasteiger partial charge < -0.3 is 5.32 Å². The first-order chi connectivity index (χ1) is 8.26. The summed E-state index contributed by atoms with van der Waals surface area (Å²) in [5.41, 5.74) is 1.38. The number of halogens is 1. The van der Waals surface area contributed by atoms with E-state index in [1.807, 2.05) is 31.3 Å². The Morgan fingerprint density at radius 2 is 2.41 bits per heavy atom. The maximum atomic E-state index is 12.0. The summed E-state index contributed by atoms with van der Waals surface area (Å²) >= 11 is 5.76. The molecule has 1 atom stereocenters. The molecule has 0 aliphatic carbocycles. The highest BCUT2D eigenvalue weighted by atomic mass is 35.5. The van der Waals surface area contributed by atoms with E-state index in [4.69, 9.17) is 11.6 Å². The Morgan fingerprint density at radius 3 is 3.12 bits per heavy atom. The second-order valence-corrected chi connectivity index (χ2v) is 4.13. The number of hydrogen-bond donors (Lipinski definition) is 1. The largest absolute Gasteiger partial charge is 0.348 e. The zero-order chi connectivity index (χ0) is 12.3. The van der Waals surface area contributed by atoms with Crippen molar-refractivity contribution >= 4 is 23.0 Å². The molecule has 0 spiro atoms. The van der Waals surface area contributed by atoms with Gasteiger partial charge in [-0.25, -0.2) is 4.52 Å². The second-order valence-electron chi connectivity index (χ2n) is 3.82. The first-order valence-electron chi connectivity index (χ1n) is 5.55. The van der Waals surface area contributed by atoms with Crippen molar-refractivity contribution in [3.05, 3.63) is 36.2 Å². The molecule has 90 valence electrons. The van der Waals surface area contributed by atoms with Crippen LogP contribution in [0.2, 0.25) is 0 Å². The second kappa shape index (κ2) is 5.19. The molecule has 5 heteroatoms. The lowest BCUT2D eigenvalue weighted by atomic mass is 10.2. The Hall–Kier alpha value is -1.55. The third-order valence-corrected chi connectivity index (χ3v) is 3.06. The van der Waals surface area contributed by atoms with E-state index < -0.39 is 0 Å². The smallest absolute Gasteiger partial charge is 0.255 e. The molecule has 1 N–H and O–H groups in total. The summed E-state index contributed by atoms with van der Waals surface area (Å²) < 4.78 is 1.68. The van der Waals surface area contributed by atoms with Gasteiger partial charge in [0.15, 0.2) is 0 Å². The summed E-state index contributed by atoms with van der Waals surface area (Å²) in [5, 5.41) is 7.01. The molecule has 0 aliphatic heterocycles. The summed E-state index contributed by atoms with van der Waals surface area (Å²) in [5.74, 6) is 0.292. The number of amides is 1. The first-order valence-corrected chi connectivity index (χ1v) is 6.09. The van der Waals surface area contributed by atoms with Gasteiger partial charge in [-0.15, -0.1) is 11.6 Å². The summed E-state index contributed by atoms with van der Waals surface area (Å²) in [4.78, 5) is 12.0. The maximum Gasteiger partial charge on any atom is 0.255 e. The van der Waals surface area contributed by atoms with Gasteiger partial charge in [0.25, 0.3) is 5.91 Å². The van der Waals surface area contributed by atoms with Crippen molar-refractivity contribution in [1.29, 1.82) is 0 Å². The molecule has 2 aromatic rings. The summed E-state index contributed by atoms with van der Waals surface area (Å²) in [6, 6.07) is 5.62. The van der Waals surface area contributed by atoms with Gasteiger partial charge in [0.1, 0.15) is 0 Å². The zero-order valence-corrected chi connectivity index (χ0v) is 10.3. The van der Waals surface area contributed by atoms with Gasteiger partial charge in [-0.05, 0) is 18.6 Å². The van der Waals surface area contributed by atoms with E-state index in [1.54, 1.807) is 10.7 Å².